The summed E-state index contributed by atoms with van der Waals surface area (Å²) in [5.41, 5.74) is 4.38. The van der Waals surface area contributed by atoms with Crippen molar-refractivity contribution in [2.24, 2.45) is 0 Å². The molecule has 4 nitrogen and oxygen atoms in total. The molecule has 0 aliphatic carbocycles. The van der Waals surface area contributed by atoms with Crippen molar-refractivity contribution in [3.8, 4) is 0 Å². The molecule has 0 aromatic carbocycles. The first-order valence-corrected chi connectivity index (χ1v) is 4.69. The smallest absolute Gasteiger partial charge is 0.188 e. The lowest BCUT2D eigenvalue weighted by atomic mass is 10.2. The predicted octanol–water partition coefficient (Wildman–Crippen LogP) is 1.11. The van der Waals surface area contributed by atoms with Crippen LogP contribution in [0.2, 0.25) is 0 Å². The highest BCUT2D eigenvalue weighted by atomic mass is 15.5. The zero-order valence-corrected chi connectivity index (χ0v) is 7.56. The van der Waals surface area contributed by atoms with Crippen LogP contribution in [0.4, 0.5) is 5.82 Å². The first-order valence-electron chi connectivity index (χ1n) is 4.69. The van der Waals surface area contributed by atoms with E-state index in [-0.39, 0.29) is 0 Å². The Morgan fingerprint density at radius 2 is 2.08 bits per heavy atom. The summed E-state index contributed by atoms with van der Waals surface area (Å²) in [6, 6.07) is 3.73. The van der Waals surface area contributed by atoms with Gasteiger partial charge < -0.3 is 0 Å². The molecule has 0 saturated carbocycles. The van der Waals surface area contributed by atoms with Crippen molar-refractivity contribution in [1.82, 2.24) is 20.6 Å². The second kappa shape index (κ2) is 4.18. The molecule has 1 aliphatic heterocycles. The Bertz CT molecular complexity index is 243. The number of piperidine rings is 1. The Morgan fingerprint density at radius 3 is 2.77 bits per heavy atom. The fourth-order valence-electron chi connectivity index (χ4n) is 1.47. The standard InChI is InChI=1S/C9H13N4/c1-2-7-13(8-3-1)12-9-5-4-6-10-11-9/h4-6H,1-3,7-8H2. The number of hydrogen-bond acceptors (Lipinski definition) is 3. The molecule has 1 fully saturated rings. The van der Waals surface area contributed by atoms with Crippen LogP contribution >= 0.6 is 0 Å². The fraction of sp³-hybridized carbons (Fsp3) is 0.556. The zero-order chi connectivity index (χ0) is 8.93. The van der Waals surface area contributed by atoms with E-state index in [0.29, 0.717) is 5.82 Å². The van der Waals surface area contributed by atoms with Gasteiger partial charge >= 0.3 is 0 Å². The largest absolute Gasteiger partial charge is 0.199 e. The van der Waals surface area contributed by atoms with E-state index < -0.39 is 0 Å². The highest BCUT2D eigenvalue weighted by Gasteiger charge is 2.11. The molecule has 0 bridgehead atoms. The number of rotatable bonds is 2. The van der Waals surface area contributed by atoms with Crippen LogP contribution in [0.1, 0.15) is 19.3 Å². The summed E-state index contributed by atoms with van der Waals surface area (Å²) in [4.78, 5) is 0. The van der Waals surface area contributed by atoms with Crippen LogP contribution in [0.15, 0.2) is 18.3 Å². The van der Waals surface area contributed by atoms with Crippen LogP contribution in [0.25, 0.3) is 0 Å². The Morgan fingerprint density at radius 1 is 1.23 bits per heavy atom. The number of hydrogen-bond donors (Lipinski definition) is 0. The second-order valence-corrected chi connectivity index (χ2v) is 3.20. The molecule has 2 heterocycles. The van der Waals surface area contributed by atoms with Crippen molar-refractivity contribution < 1.29 is 0 Å². The third-order valence-electron chi connectivity index (χ3n) is 2.13. The summed E-state index contributed by atoms with van der Waals surface area (Å²) < 4.78 is 0. The van der Waals surface area contributed by atoms with Gasteiger partial charge in [-0.25, -0.2) is 0 Å². The Balaban J connectivity index is 1.90. The molecule has 0 unspecified atom stereocenters. The van der Waals surface area contributed by atoms with Crippen LogP contribution in [0.3, 0.4) is 0 Å². The van der Waals surface area contributed by atoms with Crippen molar-refractivity contribution in [3.05, 3.63) is 18.3 Å². The summed E-state index contributed by atoms with van der Waals surface area (Å²) >= 11 is 0. The van der Waals surface area contributed by atoms with Gasteiger partial charge in [0, 0.05) is 19.3 Å². The van der Waals surface area contributed by atoms with Crippen molar-refractivity contribution in [2.75, 3.05) is 13.1 Å². The maximum Gasteiger partial charge on any atom is 0.188 e. The molecule has 0 amide bonds. The first kappa shape index (κ1) is 8.44. The van der Waals surface area contributed by atoms with Crippen LogP contribution in [-0.2, 0) is 0 Å². The molecular formula is C9H13N4. The van der Waals surface area contributed by atoms with E-state index in [1.807, 2.05) is 12.1 Å². The van der Waals surface area contributed by atoms with E-state index in [9.17, 15) is 0 Å². The highest BCUT2D eigenvalue weighted by molar-refractivity contribution is 5.20. The van der Waals surface area contributed by atoms with E-state index in [1.165, 1.54) is 19.3 Å². The lowest BCUT2D eigenvalue weighted by Gasteiger charge is -2.24. The number of nitrogens with zero attached hydrogens (tertiary/aromatic N) is 4. The van der Waals surface area contributed by atoms with Crippen molar-refractivity contribution in [3.63, 3.8) is 0 Å². The fourth-order valence-corrected chi connectivity index (χ4v) is 1.47. The summed E-state index contributed by atoms with van der Waals surface area (Å²) in [6.45, 7) is 2.10. The quantitative estimate of drug-likeness (QED) is 0.679. The Hall–Kier alpha value is -1.16. The SMILES string of the molecule is c1cnnc([N]N2CCCCC2)c1. The minimum absolute atomic E-state index is 0.712. The maximum atomic E-state index is 4.38. The minimum Gasteiger partial charge on any atom is -0.199 e. The normalized spacial score (nSPS) is 18.5. The van der Waals surface area contributed by atoms with Gasteiger partial charge in [-0.15, -0.1) is 5.10 Å². The highest BCUT2D eigenvalue weighted by Crippen LogP contribution is 2.10. The molecule has 13 heavy (non-hydrogen) atoms. The average Bonchev–Trinajstić information content (AvgIpc) is 2.21. The van der Waals surface area contributed by atoms with Gasteiger partial charge in [0.15, 0.2) is 5.82 Å². The van der Waals surface area contributed by atoms with E-state index in [4.69, 9.17) is 0 Å². The monoisotopic (exact) mass is 177 g/mol. The lowest BCUT2D eigenvalue weighted by Crippen LogP contribution is -2.34. The summed E-state index contributed by atoms with van der Waals surface area (Å²) in [5.74, 6) is 0.712. The summed E-state index contributed by atoms with van der Waals surface area (Å²) in [7, 11) is 0. The van der Waals surface area contributed by atoms with Gasteiger partial charge in [-0.2, -0.15) is 15.5 Å². The van der Waals surface area contributed by atoms with Gasteiger partial charge in [-0.3, -0.25) is 0 Å². The molecule has 0 atom stereocenters. The van der Waals surface area contributed by atoms with Gasteiger partial charge in [0.1, 0.15) is 0 Å². The van der Waals surface area contributed by atoms with Gasteiger partial charge in [0.2, 0.25) is 0 Å². The molecule has 1 aromatic heterocycles. The Labute approximate surface area is 77.9 Å². The molecule has 1 aromatic rings. The second-order valence-electron chi connectivity index (χ2n) is 3.20. The first-order chi connectivity index (χ1) is 6.45. The molecule has 4 heteroatoms. The Kier molecular flexibility index (Phi) is 2.72. The molecule has 1 radical (unpaired) electrons. The van der Waals surface area contributed by atoms with Gasteiger partial charge in [-0.1, -0.05) is 6.42 Å². The molecule has 1 saturated heterocycles. The molecule has 0 N–H and O–H groups in total. The van der Waals surface area contributed by atoms with Crippen LogP contribution in [0.5, 0.6) is 0 Å². The van der Waals surface area contributed by atoms with Gasteiger partial charge in [0.05, 0.1) is 0 Å². The van der Waals surface area contributed by atoms with Gasteiger partial charge in [0.25, 0.3) is 0 Å². The van der Waals surface area contributed by atoms with Crippen molar-refractivity contribution in [2.45, 2.75) is 19.3 Å². The number of aromatic nitrogens is 2. The summed E-state index contributed by atoms with van der Waals surface area (Å²) in [6.07, 6.45) is 5.47. The molecule has 0 spiro atoms. The minimum atomic E-state index is 0.712. The van der Waals surface area contributed by atoms with Gasteiger partial charge in [-0.05, 0) is 25.0 Å². The predicted molar refractivity (Wildman–Crippen MR) is 49.3 cm³/mol. The van der Waals surface area contributed by atoms with Crippen molar-refractivity contribution >= 4 is 5.82 Å². The average molecular weight is 177 g/mol. The lowest BCUT2D eigenvalue weighted by molar-refractivity contribution is 0.178. The zero-order valence-electron chi connectivity index (χ0n) is 7.56. The molecular weight excluding hydrogens is 164 g/mol. The summed E-state index contributed by atoms with van der Waals surface area (Å²) in [5, 5.41) is 9.77. The van der Waals surface area contributed by atoms with E-state index in [1.54, 1.807) is 6.20 Å². The third-order valence-corrected chi connectivity index (χ3v) is 2.13. The van der Waals surface area contributed by atoms with E-state index in [2.05, 4.69) is 20.6 Å². The van der Waals surface area contributed by atoms with Crippen LogP contribution < -0.4 is 5.43 Å². The van der Waals surface area contributed by atoms with Crippen LogP contribution in [-0.4, -0.2) is 28.3 Å². The van der Waals surface area contributed by atoms with Crippen LogP contribution in [0, 0.1) is 0 Å². The van der Waals surface area contributed by atoms with E-state index >= 15 is 0 Å². The molecule has 1 aliphatic rings. The van der Waals surface area contributed by atoms with Crippen molar-refractivity contribution in [1.29, 1.82) is 0 Å². The molecule has 2 rings (SSSR count). The maximum absolute atomic E-state index is 4.38. The third kappa shape index (κ3) is 2.39. The van der Waals surface area contributed by atoms with E-state index in [0.717, 1.165) is 13.1 Å². The topological polar surface area (TPSA) is 43.1 Å². The molecule has 69 valence electrons.